The molecule has 0 fully saturated rings. The number of halogens is 1. The topological polar surface area (TPSA) is 9.23 Å². The Balaban J connectivity index is 0.000000442. The lowest BCUT2D eigenvalue weighted by molar-refractivity contribution is 0.339. The predicted molar refractivity (Wildman–Crippen MR) is 63.0 cm³/mol. The van der Waals surface area contributed by atoms with Crippen LogP contribution in [0.2, 0.25) is 0 Å². The smallest absolute Gasteiger partial charge is 0.165 e. The number of benzene rings is 1. The molecule has 0 aliphatic carbocycles. The maximum Gasteiger partial charge on any atom is 0.165 e. The second-order valence-corrected chi connectivity index (χ2v) is 2.77. The number of fused-ring (bicyclic) bond motifs is 1. The second kappa shape index (κ2) is 7.27. The van der Waals surface area contributed by atoms with Crippen molar-refractivity contribution in [3.8, 4) is 5.75 Å². The predicted octanol–water partition coefficient (Wildman–Crippen LogP) is 4.12. The molecule has 1 aromatic rings. The first-order chi connectivity index (χ1) is 7.29. The highest BCUT2D eigenvalue weighted by Crippen LogP contribution is 2.30. The van der Waals surface area contributed by atoms with Crippen molar-refractivity contribution in [1.29, 1.82) is 0 Å². The van der Waals surface area contributed by atoms with Gasteiger partial charge in [0, 0.05) is 12.0 Å². The highest BCUT2D eigenvalue weighted by atomic mass is 19.1. The zero-order valence-electron chi connectivity index (χ0n) is 10.4. The molecule has 2 heteroatoms. The molecule has 1 heterocycles. The average molecular weight is 212 g/mol. The summed E-state index contributed by atoms with van der Waals surface area (Å²) in [7, 11) is 0. The van der Waals surface area contributed by atoms with E-state index in [-0.39, 0.29) is 5.82 Å². The summed E-state index contributed by atoms with van der Waals surface area (Å²) in [4.78, 5) is 0. The van der Waals surface area contributed by atoms with E-state index < -0.39 is 0 Å². The summed E-state index contributed by atoms with van der Waals surface area (Å²) in [6.07, 6.45) is 0.846. The van der Waals surface area contributed by atoms with Gasteiger partial charge in [-0.25, -0.2) is 4.39 Å². The van der Waals surface area contributed by atoms with Crippen molar-refractivity contribution in [3.63, 3.8) is 0 Å². The summed E-state index contributed by atoms with van der Waals surface area (Å²) >= 11 is 0. The summed E-state index contributed by atoms with van der Waals surface area (Å²) in [5.41, 5.74) is 2.16. The Morgan fingerprint density at radius 2 is 1.73 bits per heavy atom. The highest BCUT2D eigenvalue weighted by Gasteiger charge is 2.17. The van der Waals surface area contributed by atoms with E-state index in [2.05, 4.69) is 0 Å². The fourth-order valence-electron chi connectivity index (χ4n) is 1.42. The molecule has 0 saturated carbocycles. The van der Waals surface area contributed by atoms with Crippen LogP contribution in [0, 0.1) is 12.7 Å². The zero-order chi connectivity index (χ0) is 11.8. The molecule has 1 aliphatic heterocycles. The van der Waals surface area contributed by atoms with Crippen LogP contribution in [0.4, 0.5) is 4.39 Å². The van der Waals surface area contributed by atoms with Crippen LogP contribution in [0.3, 0.4) is 0 Å². The molecule has 15 heavy (non-hydrogen) atoms. The second-order valence-electron chi connectivity index (χ2n) is 2.77. The number of ether oxygens (including phenoxy) is 1. The summed E-state index contributed by atoms with van der Waals surface area (Å²) < 4.78 is 18.1. The van der Waals surface area contributed by atoms with Crippen LogP contribution in [0.1, 0.15) is 38.8 Å². The molecule has 0 atom stereocenters. The van der Waals surface area contributed by atoms with Crippen molar-refractivity contribution in [2.45, 2.75) is 41.0 Å². The fourth-order valence-corrected chi connectivity index (χ4v) is 1.42. The molecule has 86 valence electrons. The minimum Gasteiger partial charge on any atom is -0.490 e. The van der Waals surface area contributed by atoms with Gasteiger partial charge in [0.2, 0.25) is 0 Å². The Hall–Kier alpha value is -1.05. The van der Waals surface area contributed by atoms with Crippen LogP contribution in [0.15, 0.2) is 12.1 Å². The van der Waals surface area contributed by atoms with Gasteiger partial charge >= 0.3 is 0 Å². The molecular weight excluding hydrogens is 191 g/mol. The van der Waals surface area contributed by atoms with Gasteiger partial charge in [0.1, 0.15) is 0 Å². The maximum atomic E-state index is 12.9. The minimum absolute atomic E-state index is 0.233. The summed E-state index contributed by atoms with van der Waals surface area (Å²) in [6, 6.07) is 3.25. The van der Waals surface area contributed by atoms with Gasteiger partial charge < -0.3 is 4.74 Å². The lowest BCUT2D eigenvalue weighted by atomic mass is 10.1. The molecule has 0 radical (unpaired) electrons. The van der Waals surface area contributed by atoms with Gasteiger partial charge in [-0.1, -0.05) is 33.8 Å². The summed E-state index contributed by atoms with van der Waals surface area (Å²) in [6.45, 7) is 10.6. The van der Waals surface area contributed by atoms with E-state index in [1.165, 1.54) is 6.07 Å². The third kappa shape index (κ3) is 3.22. The lowest BCUT2D eigenvalue weighted by Crippen LogP contribution is -1.88. The van der Waals surface area contributed by atoms with Crippen molar-refractivity contribution in [3.05, 3.63) is 29.1 Å². The quantitative estimate of drug-likeness (QED) is 0.628. The van der Waals surface area contributed by atoms with Gasteiger partial charge in [-0.3, -0.25) is 0 Å². The Morgan fingerprint density at radius 3 is 2.27 bits per heavy atom. The largest absolute Gasteiger partial charge is 0.490 e. The monoisotopic (exact) mass is 212 g/mol. The Labute approximate surface area is 92.3 Å². The normalized spacial score (nSPS) is 11.3. The first-order valence-electron chi connectivity index (χ1n) is 5.70. The van der Waals surface area contributed by atoms with Gasteiger partial charge in [0.15, 0.2) is 11.6 Å². The lowest BCUT2D eigenvalue weighted by Gasteiger charge is -2.01. The van der Waals surface area contributed by atoms with Gasteiger partial charge in [-0.05, 0) is 18.6 Å². The molecule has 1 nitrogen and oxygen atoms in total. The van der Waals surface area contributed by atoms with Crippen LogP contribution in [-0.4, -0.2) is 6.61 Å². The number of hydrogen-bond acceptors (Lipinski definition) is 1. The maximum absolute atomic E-state index is 12.9. The van der Waals surface area contributed by atoms with Gasteiger partial charge in [0.25, 0.3) is 0 Å². The number of aryl methyl sites for hydroxylation is 1. The molecule has 0 N–H and O–H groups in total. The average Bonchev–Trinajstić information content (AvgIpc) is 2.79. The molecular formula is C13H21FO. The van der Waals surface area contributed by atoms with Crippen molar-refractivity contribution >= 4 is 0 Å². The van der Waals surface area contributed by atoms with E-state index in [0.717, 1.165) is 17.5 Å². The third-order valence-corrected chi connectivity index (χ3v) is 2.05. The standard InChI is InChI=1S/C9H9FO.2C2H6/c1-6-2-3-8(10)9-7(6)4-5-11-9;2*1-2/h2-3H,4-5H2,1H3;2*1-2H3. The van der Waals surface area contributed by atoms with E-state index in [4.69, 9.17) is 4.74 Å². The van der Waals surface area contributed by atoms with E-state index in [9.17, 15) is 4.39 Å². The fraction of sp³-hybridized carbons (Fsp3) is 0.538. The van der Waals surface area contributed by atoms with Crippen molar-refractivity contribution in [2.75, 3.05) is 6.61 Å². The Bertz CT molecular complexity index is 266. The van der Waals surface area contributed by atoms with E-state index in [1.54, 1.807) is 6.07 Å². The van der Waals surface area contributed by atoms with Crippen LogP contribution in [0.25, 0.3) is 0 Å². The molecule has 0 bridgehead atoms. The Morgan fingerprint density at radius 1 is 1.13 bits per heavy atom. The molecule has 0 unspecified atom stereocenters. The van der Waals surface area contributed by atoms with Gasteiger partial charge in [-0.15, -0.1) is 0 Å². The third-order valence-electron chi connectivity index (χ3n) is 2.05. The first-order valence-corrected chi connectivity index (χ1v) is 5.70. The zero-order valence-corrected chi connectivity index (χ0v) is 10.4. The molecule has 2 rings (SSSR count). The van der Waals surface area contributed by atoms with E-state index in [0.29, 0.717) is 12.4 Å². The van der Waals surface area contributed by atoms with Gasteiger partial charge in [0.05, 0.1) is 6.61 Å². The molecule has 0 saturated heterocycles. The van der Waals surface area contributed by atoms with Crippen molar-refractivity contribution in [1.82, 2.24) is 0 Å². The van der Waals surface area contributed by atoms with E-state index >= 15 is 0 Å². The SMILES string of the molecule is CC.CC.Cc1ccc(F)c2c1CCO2. The number of rotatable bonds is 0. The van der Waals surface area contributed by atoms with Gasteiger partial charge in [-0.2, -0.15) is 0 Å². The van der Waals surface area contributed by atoms with Crippen LogP contribution < -0.4 is 4.74 Å². The van der Waals surface area contributed by atoms with E-state index in [1.807, 2.05) is 34.6 Å². The molecule has 1 aromatic carbocycles. The van der Waals surface area contributed by atoms with Crippen molar-refractivity contribution in [2.24, 2.45) is 0 Å². The summed E-state index contributed by atoms with van der Waals surface area (Å²) in [5.74, 6) is 0.230. The van der Waals surface area contributed by atoms with Crippen molar-refractivity contribution < 1.29 is 9.13 Å². The first kappa shape index (κ1) is 13.9. The molecule has 0 spiro atoms. The van der Waals surface area contributed by atoms with Crippen LogP contribution in [0.5, 0.6) is 5.75 Å². The molecule has 1 aliphatic rings. The number of hydrogen-bond donors (Lipinski definition) is 0. The van der Waals surface area contributed by atoms with Crippen LogP contribution >= 0.6 is 0 Å². The minimum atomic E-state index is -0.233. The molecule has 0 aromatic heterocycles. The summed E-state index contributed by atoms with van der Waals surface area (Å²) in [5, 5.41) is 0. The molecule has 0 amide bonds. The highest BCUT2D eigenvalue weighted by molar-refractivity contribution is 5.43. The van der Waals surface area contributed by atoms with Crippen LogP contribution in [-0.2, 0) is 6.42 Å². The Kier molecular flexibility index (Phi) is 6.76.